The van der Waals surface area contributed by atoms with Crippen molar-refractivity contribution in [3.63, 3.8) is 0 Å². The van der Waals surface area contributed by atoms with Crippen molar-refractivity contribution < 1.29 is 22.3 Å². The molecule has 13 heteroatoms. The number of benzene rings is 3. The number of nitriles is 1. The lowest BCUT2D eigenvalue weighted by molar-refractivity contribution is -0.132. The number of piperazine rings is 1. The van der Waals surface area contributed by atoms with Crippen LogP contribution in [0.15, 0.2) is 82.5 Å². The lowest BCUT2D eigenvalue weighted by atomic mass is 10.0. The Morgan fingerprint density at radius 3 is 2.40 bits per heavy atom. The van der Waals surface area contributed by atoms with Gasteiger partial charge in [-0.1, -0.05) is 37.3 Å². The number of carbonyl (C=O) groups excluding carboxylic acids is 1. The van der Waals surface area contributed by atoms with Crippen molar-refractivity contribution in [1.29, 1.82) is 5.26 Å². The molecule has 6 rings (SSSR count). The van der Waals surface area contributed by atoms with E-state index < -0.39 is 28.4 Å². The molecule has 2 fully saturated rings. The fourth-order valence-electron chi connectivity index (χ4n) is 6.83. The third-order valence-corrected chi connectivity index (χ3v) is 10.9. The maximum Gasteiger partial charge on any atom is 0.344 e. The van der Waals surface area contributed by atoms with E-state index in [2.05, 4.69) is 22.8 Å². The van der Waals surface area contributed by atoms with Crippen LogP contribution in [-0.4, -0.2) is 103 Å². The summed E-state index contributed by atoms with van der Waals surface area (Å²) < 4.78 is 48.0. The van der Waals surface area contributed by atoms with Crippen molar-refractivity contribution in [1.82, 2.24) is 23.2 Å². The zero-order valence-corrected chi connectivity index (χ0v) is 27.7. The number of hydrogen-bond donors (Lipinski definition) is 0. The van der Waals surface area contributed by atoms with Gasteiger partial charge in [-0.2, -0.15) is 9.23 Å². The lowest BCUT2D eigenvalue weighted by Crippen LogP contribution is -2.51. The molecule has 0 saturated carbocycles. The summed E-state index contributed by atoms with van der Waals surface area (Å²) in [6, 6.07) is 19.6. The van der Waals surface area contributed by atoms with Crippen LogP contribution in [0.2, 0.25) is 0 Å². The van der Waals surface area contributed by atoms with Crippen LogP contribution >= 0.6 is 0 Å². The van der Waals surface area contributed by atoms with E-state index in [9.17, 15) is 27.7 Å². The second-order valence-corrected chi connectivity index (χ2v) is 14.0. The molecule has 0 radical (unpaired) electrons. The molecule has 1 aromatic heterocycles. The fourth-order valence-corrected chi connectivity index (χ4v) is 8.23. The number of halogens is 1. The molecule has 11 nitrogen and oxygen atoms in total. The maximum absolute atomic E-state index is 14.6. The first kappa shape index (κ1) is 33.4. The summed E-state index contributed by atoms with van der Waals surface area (Å²) in [5.74, 6) is -0.0369. The Balaban J connectivity index is 1.40. The predicted octanol–water partition coefficient (Wildman–Crippen LogP) is 3.48. The zero-order chi connectivity index (χ0) is 33.8. The molecule has 2 atom stereocenters. The fraction of sp³-hybridized carbons (Fsp3) is 0.400. The van der Waals surface area contributed by atoms with Gasteiger partial charge >= 0.3 is 5.69 Å². The first-order chi connectivity index (χ1) is 23.3. The van der Waals surface area contributed by atoms with E-state index in [1.165, 1.54) is 47.0 Å². The van der Waals surface area contributed by atoms with Crippen molar-refractivity contribution in [3.05, 3.63) is 94.4 Å². The Morgan fingerprint density at radius 2 is 1.73 bits per heavy atom. The Labute approximate surface area is 279 Å². The van der Waals surface area contributed by atoms with E-state index in [1.54, 1.807) is 35.2 Å². The van der Waals surface area contributed by atoms with Crippen molar-refractivity contribution in [2.75, 3.05) is 59.1 Å². The predicted molar refractivity (Wildman–Crippen MR) is 179 cm³/mol. The van der Waals surface area contributed by atoms with Crippen LogP contribution in [0.5, 0.6) is 5.75 Å². The molecule has 48 heavy (non-hydrogen) atoms. The molecule has 0 spiro atoms. The number of likely N-dealkylation sites (tertiary alicyclic amines) is 1. The van der Waals surface area contributed by atoms with E-state index in [4.69, 9.17) is 4.74 Å². The Bertz CT molecular complexity index is 1960. The van der Waals surface area contributed by atoms with Crippen LogP contribution in [0.3, 0.4) is 0 Å². The van der Waals surface area contributed by atoms with Crippen LogP contribution in [0.1, 0.15) is 36.9 Å². The number of imidazole rings is 1. The van der Waals surface area contributed by atoms with E-state index in [-0.39, 0.29) is 45.8 Å². The van der Waals surface area contributed by atoms with Crippen LogP contribution in [0.4, 0.5) is 4.39 Å². The van der Waals surface area contributed by atoms with Crippen LogP contribution in [0.25, 0.3) is 11.0 Å². The Hall–Kier alpha value is -4.51. The SMILES string of the molecule is CCCN1CCN([C@H]2CCN(C(=O)C(c3ccccc3)n3c(=O)n(S(=O)(=O)c4ccc(OCCF)cc4)c4ccc(C#N)cc43)C2)CC1. The minimum absolute atomic E-state index is 0.0368. The van der Waals surface area contributed by atoms with Gasteiger partial charge in [-0.25, -0.2) is 17.6 Å². The van der Waals surface area contributed by atoms with Crippen molar-refractivity contribution in [3.8, 4) is 11.8 Å². The number of aromatic nitrogens is 2. The Morgan fingerprint density at radius 1 is 1.00 bits per heavy atom. The molecule has 0 bridgehead atoms. The second kappa shape index (κ2) is 14.3. The van der Waals surface area contributed by atoms with E-state index in [1.807, 2.05) is 0 Å². The highest BCUT2D eigenvalue weighted by molar-refractivity contribution is 7.90. The number of nitrogens with zero attached hydrogens (tertiary/aromatic N) is 6. The number of fused-ring (bicyclic) bond motifs is 1. The third kappa shape index (κ3) is 6.48. The average molecular weight is 675 g/mol. The smallest absolute Gasteiger partial charge is 0.344 e. The van der Waals surface area contributed by atoms with Gasteiger partial charge in [0.15, 0.2) is 0 Å². The summed E-state index contributed by atoms with van der Waals surface area (Å²) in [6.45, 7) is 7.23. The molecular weight excluding hydrogens is 635 g/mol. The summed E-state index contributed by atoms with van der Waals surface area (Å²) in [7, 11) is -4.49. The number of amides is 1. The number of carbonyl (C=O) groups is 1. The molecule has 3 aromatic carbocycles. The number of alkyl halides is 1. The molecule has 3 heterocycles. The number of rotatable bonds is 11. The molecule has 1 unspecified atom stereocenters. The number of hydrogen-bond acceptors (Lipinski definition) is 8. The third-order valence-electron chi connectivity index (χ3n) is 9.22. The van der Waals surface area contributed by atoms with Crippen molar-refractivity contribution in [2.45, 2.75) is 36.7 Å². The molecule has 2 saturated heterocycles. The first-order valence-electron chi connectivity index (χ1n) is 16.3. The van der Waals surface area contributed by atoms with Crippen LogP contribution < -0.4 is 10.4 Å². The van der Waals surface area contributed by atoms with Gasteiger partial charge in [-0.05, 0) is 67.4 Å². The monoisotopic (exact) mass is 674 g/mol. The molecule has 1 amide bonds. The summed E-state index contributed by atoms with van der Waals surface area (Å²) >= 11 is 0. The Kier molecular flexibility index (Phi) is 9.96. The minimum atomic E-state index is -4.49. The summed E-state index contributed by atoms with van der Waals surface area (Å²) in [5.41, 5.74) is -0.00891. The van der Waals surface area contributed by atoms with Gasteiger partial charge < -0.3 is 14.5 Å². The van der Waals surface area contributed by atoms with Gasteiger partial charge in [-0.15, -0.1) is 0 Å². The summed E-state index contributed by atoms with van der Waals surface area (Å²) in [6.07, 6.45) is 1.91. The summed E-state index contributed by atoms with van der Waals surface area (Å²) in [5, 5.41) is 9.75. The van der Waals surface area contributed by atoms with E-state index in [0.717, 1.165) is 45.6 Å². The largest absolute Gasteiger partial charge is 0.491 e. The van der Waals surface area contributed by atoms with Crippen molar-refractivity contribution >= 4 is 27.0 Å². The van der Waals surface area contributed by atoms with E-state index >= 15 is 0 Å². The second-order valence-electron chi connectivity index (χ2n) is 12.2. The molecule has 2 aliphatic heterocycles. The molecular formula is C35H39FN6O5S. The van der Waals surface area contributed by atoms with Gasteiger partial charge in [0.05, 0.1) is 27.6 Å². The molecule has 4 aromatic rings. The van der Waals surface area contributed by atoms with Gasteiger partial charge in [-0.3, -0.25) is 14.3 Å². The van der Waals surface area contributed by atoms with Crippen LogP contribution in [0, 0.1) is 11.3 Å². The highest BCUT2D eigenvalue weighted by Gasteiger charge is 2.38. The molecule has 2 aliphatic rings. The molecule has 0 N–H and O–H groups in total. The highest BCUT2D eigenvalue weighted by atomic mass is 32.2. The topological polar surface area (TPSA) is 121 Å². The highest BCUT2D eigenvalue weighted by Crippen LogP contribution is 2.30. The average Bonchev–Trinajstić information content (AvgIpc) is 3.72. The standard InChI is InChI=1S/C35H39FN6O5S/c1-2-16-38-18-20-39(21-19-38)28-14-17-40(25-28)34(43)33(27-6-4-3-5-7-27)41-32-23-26(24-37)8-13-31(32)42(35(41)44)48(45,46)30-11-9-29(10-12-30)47-22-15-36/h3-13,23,28,33H,2,14-22,25H2,1H3/t28-,33?/m0/s1. The van der Waals surface area contributed by atoms with Gasteiger partial charge in [0.1, 0.15) is 25.1 Å². The molecule has 252 valence electrons. The first-order valence-corrected chi connectivity index (χ1v) is 17.7. The summed E-state index contributed by atoms with van der Waals surface area (Å²) in [4.78, 5) is 35.5. The van der Waals surface area contributed by atoms with Crippen molar-refractivity contribution in [2.24, 2.45) is 0 Å². The normalized spacial score (nSPS) is 18.2. The number of ether oxygens (including phenoxy) is 1. The zero-order valence-electron chi connectivity index (χ0n) is 26.9. The van der Waals surface area contributed by atoms with Gasteiger partial charge in [0.25, 0.3) is 15.9 Å². The van der Waals surface area contributed by atoms with Crippen LogP contribution in [-0.2, 0) is 14.8 Å². The quantitative estimate of drug-likeness (QED) is 0.237. The molecule has 0 aliphatic carbocycles. The van der Waals surface area contributed by atoms with Gasteiger partial charge in [0.2, 0.25) is 0 Å². The van der Waals surface area contributed by atoms with Gasteiger partial charge in [0, 0.05) is 45.3 Å². The van der Waals surface area contributed by atoms with E-state index in [0.29, 0.717) is 22.6 Å². The maximum atomic E-state index is 14.6. The minimum Gasteiger partial charge on any atom is -0.491 e. The lowest BCUT2D eigenvalue weighted by Gasteiger charge is -2.38.